The largest absolute Gasteiger partial charge is 0.314 e. The number of hydrogen-bond acceptors (Lipinski definition) is 3. The SMILES string of the molecule is CN(C(=O)Cn1cnc2ccc(Cl)cc2c1=O)c1ccccc1. The van der Waals surface area contributed by atoms with Crippen LogP contribution < -0.4 is 10.5 Å². The highest BCUT2D eigenvalue weighted by molar-refractivity contribution is 6.31. The summed E-state index contributed by atoms with van der Waals surface area (Å²) in [5, 5.41) is 0.858. The van der Waals surface area contributed by atoms with E-state index in [0.717, 1.165) is 5.69 Å². The van der Waals surface area contributed by atoms with Crippen molar-refractivity contribution in [1.82, 2.24) is 9.55 Å². The van der Waals surface area contributed by atoms with Crippen molar-refractivity contribution in [3.63, 3.8) is 0 Å². The third-order valence-electron chi connectivity index (χ3n) is 3.61. The average molecular weight is 328 g/mol. The molecule has 0 fully saturated rings. The van der Waals surface area contributed by atoms with E-state index in [2.05, 4.69) is 4.98 Å². The minimum atomic E-state index is -0.285. The summed E-state index contributed by atoms with van der Waals surface area (Å²) in [5.41, 5.74) is 1.04. The number of benzene rings is 2. The zero-order chi connectivity index (χ0) is 16.4. The van der Waals surface area contributed by atoms with E-state index in [-0.39, 0.29) is 18.0 Å². The molecule has 0 unspecified atom stereocenters. The second-order valence-corrected chi connectivity index (χ2v) is 5.56. The van der Waals surface area contributed by atoms with Crippen molar-refractivity contribution in [2.45, 2.75) is 6.54 Å². The highest BCUT2D eigenvalue weighted by atomic mass is 35.5. The van der Waals surface area contributed by atoms with E-state index < -0.39 is 0 Å². The van der Waals surface area contributed by atoms with Crippen molar-refractivity contribution in [2.24, 2.45) is 0 Å². The van der Waals surface area contributed by atoms with Gasteiger partial charge in [-0.2, -0.15) is 0 Å². The number of nitrogens with zero attached hydrogens (tertiary/aromatic N) is 3. The lowest BCUT2D eigenvalue weighted by Gasteiger charge is -2.17. The maximum Gasteiger partial charge on any atom is 0.261 e. The molecule has 0 atom stereocenters. The van der Waals surface area contributed by atoms with Crippen molar-refractivity contribution < 1.29 is 4.79 Å². The molecule has 5 nitrogen and oxygen atoms in total. The highest BCUT2D eigenvalue weighted by Gasteiger charge is 2.13. The topological polar surface area (TPSA) is 55.2 Å². The van der Waals surface area contributed by atoms with E-state index in [1.54, 1.807) is 25.2 Å². The van der Waals surface area contributed by atoms with Gasteiger partial charge in [-0.05, 0) is 30.3 Å². The molecule has 0 bridgehead atoms. The van der Waals surface area contributed by atoms with Crippen LogP contribution in [0.4, 0.5) is 5.69 Å². The average Bonchev–Trinajstić information content (AvgIpc) is 2.58. The van der Waals surface area contributed by atoms with Crippen LogP contribution in [-0.2, 0) is 11.3 Å². The Hall–Kier alpha value is -2.66. The molecule has 6 heteroatoms. The molecule has 0 saturated carbocycles. The quantitative estimate of drug-likeness (QED) is 0.743. The van der Waals surface area contributed by atoms with Gasteiger partial charge in [0.05, 0.1) is 17.2 Å². The van der Waals surface area contributed by atoms with Gasteiger partial charge in [-0.1, -0.05) is 29.8 Å². The second-order valence-electron chi connectivity index (χ2n) is 5.13. The number of fused-ring (bicyclic) bond motifs is 1. The first-order chi connectivity index (χ1) is 11.1. The fourth-order valence-corrected chi connectivity index (χ4v) is 2.46. The van der Waals surface area contributed by atoms with Crippen LogP contribution >= 0.6 is 11.6 Å². The maximum absolute atomic E-state index is 12.5. The lowest BCUT2D eigenvalue weighted by atomic mass is 10.2. The molecule has 0 spiro atoms. The number of hydrogen-bond donors (Lipinski definition) is 0. The van der Waals surface area contributed by atoms with Crippen molar-refractivity contribution in [1.29, 1.82) is 0 Å². The van der Waals surface area contributed by atoms with E-state index in [1.165, 1.54) is 15.8 Å². The molecule has 0 radical (unpaired) electrons. The zero-order valence-corrected chi connectivity index (χ0v) is 13.2. The molecule has 3 aromatic rings. The Morgan fingerprint density at radius 2 is 1.96 bits per heavy atom. The fraction of sp³-hybridized carbons (Fsp3) is 0.118. The van der Waals surface area contributed by atoms with Crippen LogP contribution in [0, 0.1) is 0 Å². The summed E-state index contributed by atoms with van der Waals surface area (Å²) >= 11 is 5.93. The molecule has 1 aromatic heterocycles. The summed E-state index contributed by atoms with van der Waals surface area (Å²) in [6, 6.07) is 14.2. The molecule has 2 aromatic carbocycles. The smallest absolute Gasteiger partial charge is 0.261 e. The fourth-order valence-electron chi connectivity index (χ4n) is 2.29. The standard InChI is InChI=1S/C17H14ClN3O2/c1-20(13-5-3-2-4-6-13)16(22)10-21-11-19-15-8-7-12(18)9-14(15)17(21)23/h2-9,11H,10H2,1H3. The molecule has 0 N–H and O–H groups in total. The number of aromatic nitrogens is 2. The first-order valence-corrected chi connectivity index (χ1v) is 7.40. The van der Waals surface area contributed by atoms with Gasteiger partial charge in [0, 0.05) is 17.8 Å². The molecule has 0 aliphatic carbocycles. The number of halogens is 1. The summed E-state index contributed by atoms with van der Waals surface area (Å²) in [5.74, 6) is -0.207. The summed E-state index contributed by atoms with van der Waals surface area (Å²) < 4.78 is 1.29. The zero-order valence-electron chi connectivity index (χ0n) is 12.4. The molecule has 1 amide bonds. The monoisotopic (exact) mass is 327 g/mol. The van der Waals surface area contributed by atoms with Gasteiger partial charge in [0.2, 0.25) is 5.91 Å². The van der Waals surface area contributed by atoms with Crippen LogP contribution in [0.15, 0.2) is 59.7 Å². The van der Waals surface area contributed by atoms with Crippen LogP contribution in [0.2, 0.25) is 5.02 Å². The number of carbonyl (C=O) groups excluding carboxylic acids is 1. The van der Waals surface area contributed by atoms with Crippen LogP contribution in [0.1, 0.15) is 0 Å². The molecular weight excluding hydrogens is 314 g/mol. The first-order valence-electron chi connectivity index (χ1n) is 7.02. The van der Waals surface area contributed by atoms with Gasteiger partial charge < -0.3 is 4.90 Å². The predicted octanol–water partition coefficient (Wildman–Crippen LogP) is 2.71. The molecule has 23 heavy (non-hydrogen) atoms. The third kappa shape index (κ3) is 3.10. The van der Waals surface area contributed by atoms with E-state index in [9.17, 15) is 9.59 Å². The third-order valence-corrected chi connectivity index (χ3v) is 3.84. The Labute approximate surface area is 137 Å². The molecule has 1 heterocycles. The van der Waals surface area contributed by atoms with Gasteiger partial charge in [-0.3, -0.25) is 14.2 Å². The lowest BCUT2D eigenvalue weighted by Crippen LogP contribution is -2.34. The lowest BCUT2D eigenvalue weighted by molar-refractivity contribution is -0.118. The van der Waals surface area contributed by atoms with Crippen molar-refractivity contribution >= 4 is 34.1 Å². The number of para-hydroxylation sites is 1. The summed E-state index contributed by atoms with van der Waals surface area (Å²) in [6.45, 7) is -0.0836. The second kappa shape index (κ2) is 6.22. The van der Waals surface area contributed by atoms with Crippen LogP contribution in [0.25, 0.3) is 10.9 Å². The Balaban J connectivity index is 1.91. The Bertz CT molecular complexity index is 922. The number of rotatable bonds is 3. The van der Waals surface area contributed by atoms with Crippen LogP contribution in [0.3, 0.4) is 0 Å². The molecule has 0 aliphatic rings. The Kier molecular flexibility index (Phi) is 4.12. The maximum atomic E-state index is 12.5. The van der Waals surface area contributed by atoms with E-state index in [1.807, 2.05) is 30.3 Å². The van der Waals surface area contributed by atoms with Crippen molar-refractivity contribution in [2.75, 3.05) is 11.9 Å². The summed E-state index contributed by atoms with van der Waals surface area (Å²) in [4.78, 5) is 30.6. The van der Waals surface area contributed by atoms with E-state index in [4.69, 9.17) is 11.6 Å². The van der Waals surface area contributed by atoms with Crippen LogP contribution in [0.5, 0.6) is 0 Å². The predicted molar refractivity (Wildman–Crippen MR) is 90.9 cm³/mol. The van der Waals surface area contributed by atoms with Gasteiger partial charge >= 0.3 is 0 Å². The van der Waals surface area contributed by atoms with Gasteiger partial charge in [0.25, 0.3) is 5.56 Å². The Morgan fingerprint density at radius 1 is 1.22 bits per heavy atom. The molecule has 0 aliphatic heterocycles. The van der Waals surface area contributed by atoms with Gasteiger partial charge in [-0.15, -0.1) is 0 Å². The highest BCUT2D eigenvalue weighted by Crippen LogP contribution is 2.14. The summed E-state index contributed by atoms with van der Waals surface area (Å²) in [6.07, 6.45) is 1.38. The number of carbonyl (C=O) groups is 1. The molecular formula is C17H14ClN3O2. The first kappa shape index (κ1) is 15.2. The Morgan fingerprint density at radius 3 is 2.70 bits per heavy atom. The van der Waals surface area contributed by atoms with Crippen molar-refractivity contribution in [3.05, 3.63) is 70.2 Å². The van der Waals surface area contributed by atoms with E-state index in [0.29, 0.717) is 15.9 Å². The van der Waals surface area contributed by atoms with Gasteiger partial charge in [-0.25, -0.2) is 4.98 Å². The number of likely N-dealkylation sites (N-methyl/N-ethyl adjacent to an activating group) is 1. The van der Waals surface area contributed by atoms with E-state index >= 15 is 0 Å². The van der Waals surface area contributed by atoms with Crippen LogP contribution in [-0.4, -0.2) is 22.5 Å². The van der Waals surface area contributed by atoms with Gasteiger partial charge in [0.1, 0.15) is 6.54 Å². The van der Waals surface area contributed by atoms with Crippen molar-refractivity contribution in [3.8, 4) is 0 Å². The molecule has 116 valence electrons. The minimum Gasteiger partial charge on any atom is -0.314 e. The van der Waals surface area contributed by atoms with Gasteiger partial charge in [0.15, 0.2) is 0 Å². The minimum absolute atomic E-state index is 0.0836. The molecule has 3 rings (SSSR count). The number of anilines is 1. The summed E-state index contributed by atoms with van der Waals surface area (Å²) in [7, 11) is 1.67. The normalized spacial score (nSPS) is 10.7. The molecule has 0 saturated heterocycles. The number of amides is 1.